The number of hydrogen-bond donors (Lipinski definition) is 0. The zero-order valence-corrected chi connectivity index (χ0v) is 11.5. The van der Waals surface area contributed by atoms with Crippen molar-refractivity contribution in [1.29, 1.82) is 0 Å². The summed E-state index contributed by atoms with van der Waals surface area (Å²) >= 11 is 3.62. The summed E-state index contributed by atoms with van der Waals surface area (Å²) in [6.45, 7) is 6.73. The molecule has 16 heavy (non-hydrogen) atoms. The molecule has 2 aromatic rings. The van der Waals surface area contributed by atoms with Gasteiger partial charge in [-0.3, -0.25) is 0 Å². The Labute approximate surface area is 105 Å². The first-order valence-corrected chi connectivity index (χ1v) is 7.13. The van der Waals surface area contributed by atoms with Crippen molar-refractivity contribution in [1.82, 2.24) is 0 Å². The molecule has 0 unspecified atom stereocenters. The van der Waals surface area contributed by atoms with Gasteiger partial charge in [-0.15, -0.1) is 22.7 Å². The third-order valence-corrected chi connectivity index (χ3v) is 3.96. The molecule has 0 atom stereocenters. The largest absolute Gasteiger partial charge is 0.144 e. The second-order valence-electron chi connectivity index (χ2n) is 4.88. The fourth-order valence-corrected chi connectivity index (χ4v) is 3.14. The van der Waals surface area contributed by atoms with Gasteiger partial charge in [-0.2, -0.15) is 0 Å². The van der Waals surface area contributed by atoms with Crippen molar-refractivity contribution in [2.24, 2.45) is 5.41 Å². The maximum Gasteiger partial charge on any atom is 0.0353 e. The van der Waals surface area contributed by atoms with E-state index in [9.17, 15) is 0 Å². The predicted octanol–water partition coefficient (Wildman–Crippen LogP) is 5.29. The number of rotatable bonds is 2. The molecule has 2 heteroatoms. The average Bonchev–Trinajstić information content (AvgIpc) is 2.86. The lowest BCUT2D eigenvalue weighted by Crippen LogP contribution is -2.00. The van der Waals surface area contributed by atoms with E-state index in [2.05, 4.69) is 61.9 Å². The molecule has 0 aliphatic heterocycles. The van der Waals surface area contributed by atoms with Crippen LogP contribution in [0.15, 0.2) is 41.1 Å². The van der Waals surface area contributed by atoms with Gasteiger partial charge in [0.2, 0.25) is 0 Å². The molecule has 0 aliphatic rings. The van der Waals surface area contributed by atoms with E-state index in [0.717, 1.165) is 0 Å². The van der Waals surface area contributed by atoms with Crippen LogP contribution < -0.4 is 0 Å². The topological polar surface area (TPSA) is 0 Å². The van der Waals surface area contributed by atoms with E-state index in [1.54, 1.807) is 0 Å². The molecule has 0 aliphatic carbocycles. The van der Waals surface area contributed by atoms with E-state index >= 15 is 0 Å². The highest BCUT2D eigenvalue weighted by Gasteiger charge is 2.13. The van der Waals surface area contributed by atoms with Crippen LogP contribution >= 0.6 is 22.7 Å². The van der Waals surface area contributed by atoms with Crippen molar-refractivity contribution in [3.63, 3.8) is 0 Å². The zero-order valence-electron chi connectivity index (χ0n) is 9.86. The molecule has 2 aromatic heterocycles. The lowest BCUT2D eigenvalue weighted by Gasteiger charge is -2.15. The Hall–Kier alpha value is -0.860. The van der Waals surface area contributed by atoms with E-state index in [1.807, 2.05) is 22.7 Å². The quantitative estimate of drug-likeness (QED) is 0.677. The fraction of sp³-hybridized carbons (Fsp3) is 0.286. The molecular weight excluding hydrogens is 232 g/mol. The Morgan fingerprint density at radius 1 is 1.00 bits per heavy atom. The Bertz CT molecular complexity index is 417. The van der Waals surface area contributed by atoms with E-state index in [1.165, 1.54) is 15.3 Å². The monoisotopic (exact) mass is 248 g/mol. The molecule has 0 amide bonds. The van der Waals surface area contributed by atoms with Crippen LogP contribution in [0.2, 0.25) is 0 Å². The Morgan fingerprint density at radius 2 is 1.50 bits per heavy atom. The van der Waals surface area contributed by atoms with Gasteiger partial charge >= 0.3 is 0 Å². The van der Waals surface area contributed by atoms with Crippen LogP contribution in [0.4, 0.5) is 0 Å². The third-order valence-electron chi connectivity index (χ3n) is 2.15. The van der Waals surface area contributed by atoms with E-state index < -0.39 is 0 Å². The summed E-state index contributed by atoms with van der Waals surface area (Å²) in [5.41, 5.74) is 1.58. The Balaban J connectivity index is 2.47. The van der Waals surface area contributed by atoms with Gasteiger partial charge in [-0.1, -0.05) is 39.0 Å². The standard InChI is InChI=1S/C14H16S2/c1-14(2,3)10-11(12-6-4-8-15-12)13-7-5-9-16-13/h4-10H,1-3H3. The molecule has 0 nitrogen and oxygen atoms in total. The van der Waals surface area contributed by atoms with Gasteiger partial charge in [0.25, 0.3) is 0 Å². The number of hydrogen-bond acceptors (Lipinski definition) is 2. The van der Waals surface area contributed by atoms with E-state index in [0.29, 0.717) is 0 Å². The zero-order chi connectivity index (χ0) is 11.6. The number of allylic oxidation sites excluding steroid dienone is 1. The van der Waals surface area contributed by atoms with Crippen LogP contribution in [0.25, 0.3) is 5.57 Å². The van der Waals surface area contributed by atoms with Gasteiger partial charge in [-0.25, -0.2) is 0 Å². The Morgan fingerprint density at radius 3 is 1.81 bits per heavy atom. The average molecular weight is 248 g/mol. The van der Waals surface area contributed by atoms with Crippen molar-refractivity contribution < 1.29 is 0 Å². The van der Waals surface area contributed by atoms with Crippen molar-refractivity contribution in [2.75, 3.05) is 0 Å². The Kier molecular flexibility index (Phi) is 3.31. The summed E-state index contributed by atoms with van der Waals surface area (Å²) < 4.78 is 0. The number of thiophene rings is 2. The van der Waals surface area contributed by atoms with Gasteiger partial charge in [0, 0.05) is 15.3 Å². The lowest BCUT2D eigenvalue weighted by molar-refractivity contribution is 0.546. The van der Waals surface area contributed by atoms with E-state index in [-0.39, 0.29) is 5.41 Å². The highest BCUT2D eigenvalue weighted by Crippen LogP contribution is 2.33. The smallest absolute Gasteiger partial charge is 0.0353 e. The molecule has 0 fully saturated rings. The maximum atomic E-state index is 2.37. The third kappa shape index (κ3) is 2.83. The molecule has 0 radical (unpaired) electrons. The summed E-state index contributed by atoms with van der Waals surface area (Å²) in [7, 11) is 0. The highest BCUT2D eigenvalue weighted by molar-refractivity contribution is 7.13. The van der Waals surface area contributed by atoms with Crippen LogP contribution in [-0.4, -0.2) is 0 Å². The molecular formula is C14H16S2. The summed E-state index contributed by atoms with van der Waals surface area (Å²) in [4.78, 5) is 2.72. The van der Waals surface area contributed by atoms with Crippen molar-refractivity contribution >= 4 is 28.2 Å². The minimum atomic E-state index is 0.212. The van der Waals surface area contributed by atoms with Crippen molar-refractivity contribution in [3.05, 3.63) is 50.9 Å². The molecule has 0 saturated heterocycles. The molecule has 0 N–H and O–H groups in total. The van der Waals surface area contributed by atoms with Gasteiger partial charge in [-0.05, 0) is 28.3 Å². The first-order valence-electron chi connectivity index (χ1n) is 5.37. The van der Waals surface area contributed by atoms with Gasteiger partial charge < -0.3 is 0 Å². The van der Waals surface area contributed by atoms with Crippen molar-refractivity contribution in [2.45, 2.75) is 20.8 Å². The minimum absolute atomic E-state index is 0.212. The molecule has 0 spiro atoms. The van der Waals surface area contributed by atoms with Gasteiger partial charge in [0.05, 0.1) is 0 Å². The summed E-state index contributed by atoms with van der Waals surface area (Å²) in [5.74, 6) is 0. The molecule has 0 aromatic carbocycles. The first-order chi connectivity index (χ1) is 7.56. The normalized spacial score (nSPS) is 11.4. The summed E-state index contributed by atoms with van der Waals surface area (Å²) in [6, 6.07) is 8.62. The molecule has 0 saturated carbocycles. The van der Waals surface area contributed by atoms with Crippen LogP contribution in [0, 0.1) is 5.41 Å². The highest BCUT2D eigenvalue weighted by atomic mass is 32.1. The van der Waals surface area contributed by atoms with Gasteiger partial charge in [0.15, 0.2) is 0 Å². The van der Waals surface area contributed by atoms with Crippen LogP contribution in [0.5, 0.6) is 0 Å². The molecule has 2 heterocycles. The molecule has 0 bridgehead atoms. The second-order valence-corrected chi connectivity index (χ2v) is 6.77. The van der Waals surface area contributed by atoms with E-state index in [4.69, 9.17) is 0 Å². The van der Waals surface area contributed by atoms with Crippen LogP contribution in [0.3, 0.4) is 0 Å². The van der Waals surface area contributed by atoms with Crippen molar-refractivity contribution in [3.8, 4) is 0 Å². The second kappa shape index (κ2) is 4.56. The fourth-order valence-electron chi connectivity index (χ4n) is 1.56. The van der Waals surface area contributed by atoms with Crippen LogP contribution in [-0.2, 0) is 0 Å². The van der Waals surface area contributed by atoms with Crippen LogP contribution in [0.1, 0.15) is 30.5 Å². The van der Waals surface area contributed by atoms with Gasteiger partial charge in [0.1, 0.15) is 0 Å². The molecule has 2 rings (SSSR count). The predicted molar refractivity (Wildman–Crippen MR) is 75.2 cm³/mol. The lowest BCUT2D eigenvalue weighted by atomic mass is 9.92. The maximum absolute atomic E-state index is 2.37. The summed E-state index contributed by atoms with van der Waals surface area (Å²) in [6.07, 6.45) is 2.37. The minimum Gasteiger partial charge on any atom is -0.144 e. The summed E-state index contributed by atoms with van der Waals surface area (Å²) in [5, 5.41) is 4.28. The molecule has 84 valence electrons. The SMILES string of the molecule is CC(C)(C)C=C(c1cccs1)c1cccs1. The first kappa shape index (κ1) is 11.6.